The minimum Gasteiger partial charge on any atom is -0.390 e. The van der Waals surface area contributed by atoms with Gasteiger partial charge in [0.2, 0.25) is 0 Å². The number of fused-ring (bicyclic) bond motifs is 2. The molecule has 0 aliphatic carbocycles. The van der Waals surface area contributed by atoms with E-state index in [1.54, 1.807) is 4.90 Å². The van der Waals surface area contributed by atoms with Crippen LogP contribution < -0.4 is 0 Å². The highest BCUT2D eigenvalue weighted by molar-refractivity contribution is 6.02. The number of rotatable bonds is 3. The second-order valence-electron chi connectivity index (χ2n) is 9.03. The van der Waals surface area contributed by atoms with Crippen molar-refractivity contribution in [2.45, 2.75) is 31.5 Å². The van der Waals surface area contributed by atoms with Crippen molar-refractivity contribution < 1.29 is 9.90 Å². The molecule has 172 valence electrons. The van der Waals surface area contributed by atoms with E-state index in [0.29, 0.717) is 29.2 Å². The Morgan fingerprint density at radius 1 is 1.00 bits per heavy atom. The predicted octanol–water partition coefficient (Wildman–Crippen LogP) is 2.65. The van der Waals surface area contributed by atoms with Gasteiger partial charge in [0.15, 0.2) is 17.2 Å². The minimum absolute atomic E-state index is 0.0369. The van der Waals surface area contributed by atoms with Gasteiger partial charge in [-0.1, -0.05) is 54.6 Å². The first-order valence-electron chi connectivity index (χ1n) is 11.7. The third kappa shape index (κ3) is 3.74. The molecule has 6 rings (SSSR count). The van der Waals surface area contributed by atoms with Gasteiger partial charge in [0.25, 0.3) is 5.91 Å². The first kappa shape index (κ1) is 20.9. The van der Waals surface area contributed by atoms with E-state index in [1.807, 2.05) is 30.3 Å². The Bertz CT molecular complexity index is 1340. The third-order valence-electron chi connectivity index (χ3n) is 6.98. The SMILES string of the molecule is O=C(c1nc(-c2ccccc2)nc2nc[nH]c12)N1CC[C@H](N2CCc3ccccc3C2)[C@@H](O)C1. The normalized spacial score (nSPS) is 20.9. The van der Waals surface area contributed by atoms with E-state index in [9.17, 15) is 9.90 Å². The maximum Gasteiger partial charge on any atom is 0.274 e. The zero-order chi connectivity index (χ0) is 23.1. The van der Waals surface area contributed by atoms with E-state index < -0.39 is 6.10 Å². The van der Waals surface area contributed by atoms with E-state index in [-0.39, 0.29) is 18.5 Å². The largest absolute Gasteiger partial charge is 0.390 e. The summed E-state index contributed by atoms with van der Waals surface area (Å²) in [4.78, 5) is 34.0. The Kier molecular flexibility index (Phi) is 5.31. The zero-order valence-electron chi connectivity index (χ0n) is 18.8. The van der Waals surface area contributed by atoms with Gasteiger partial charge in [-0.05, 0) is 24.0 Å². The molecule has 2 aliphatic heterocycles. The van der Waals surface area contributed by atoms with Crippen molar-refractivity contribution >= 4 is 17.1 Å². The number of hydrogen-bond donors (Lipinski definition) is 2. The predicted molar refractivity (Wildman–Crippen MR) is 128 cm³/mol. The number of imidazole rings is 1. The van der Waals surface area contributed by atoms with Crippen LogP contribution in [0.2, 0.25) is 0 Å². The number of likely N-dealkylation sites (tertiary alicyclic amines) is 1. The summed E-state index contributed by atoms with van der Waals surface area (Å²) in [5, 5.41) is 11.1. The average Bonchev–Trinajstić information content (AvgIpc) is 3.37. The molecule has 2 atom stereocenters. The van der Waals surface area contributed by atoms with Crippen LogP contribution in [0, 0.1) is 0 Å². The molecule has 2 aromatic carbocycles. The number of amides is 1. The summed E-state index contributed by atoms with van der Waals surface area (Å²) in [5.41, 5.74) is 4.82. The van der Waals surface area contributed by atoms with Crippen LogP contribution in [0.15, 0.2) is 60.9 Å². The maximum absolute atomic E-state index is 13.6. The lowest BCUT2D eigenvalue weighted by Gasteiger charge is -2.43. The van der Waals surface area contributed by atoms with Crippen molar-refractivity contribution in [2.24, 2.45) is 0 Å². The van der Waals surface area contributed by atoms with E-state index in [1.165, 1.54) is 17.5 Å². The van der Waals surface area contributed by atoms with Gasteiger partial charge in [-0.15, -0.1) is 0 Å². The molecule has 34 heavy (non-hydrogen) atoms. The fourth-order valence-electron chi connectivity index (χ4n) is 5.18. The fourth-order valence-corrected chi connectivity index (χ4v) is 5.18. The highest BCUT2D eigenvalue weighted by Crippen LogP contribution is 2.27. The van der Waals surface area contributed by atoms with Gasteiger partial charge in [-0.25, -0.2) is 15.0 Å². The Morgan fingerprint density at radius 2 is 1.79 bits per heavy atom. The number of aromatic nitrogens is 4. The Balaban J connectivity index is 1.22. The molecule has 8 heteroatoms. The molecular formula is C26H26N6O2. The molecular weight excluding hydrogens is 428 g/mol. The molecule has 0 spiro atoms. The number of carbonyl (C=O) groups excluding carboxylic acids is 1. The summed E-state index contributed by atoms with van der Waals surface area (Å²) < 4.78 is 0. The molecule has 1 amide bonds. The highest BCUT2D eigenvalue weighted by Gasteiger charge is 2.36. The van der Waals surface area contributed by atoms with E-state index in [0.717, 1.165) is 31.5 Å². The summed E-state index contributed by atoms with van der Waals surface area (Å²) in [7, 11) is 0. The van der Waals surface area contributed by atoms with Crippen LogP contribution >= 0.6 is 0 Å². The minimum atomic E-state index is -0.615. The second kappa shape index (κ2) is 8.62. The number of nitrogens with one attached hydrogen (secondary N) is 1. The number of carbonyl (C=O) groups is 1. The van der Waals surface area contributed by atoms with Crippen molar-refractivity contribution in [2.75, 3.05) is 19.6 Å². The van der Waals surface area contributed by atoms with Crippen molar-refractivity contribution in [3.63, 3.8) is 0 Å². The topological polar surface area (TPSA) is 98.2 Å². The number of nitrogens with zero attached hydrogens (tertiary/aromatic N) is 5. The first-order valence-corrected chi connectivity index (χ1v) is 11.7. The van der Waals surface area contributed by atoms with Crippen LogP contribution in [0.4, 0.5) is 0 Å². The van der Waals surface area contributed by atoms with Gasteiger partial charge in [0.05, 0.1) is 12.4 Å². The van der Waals surface area contributed by atoms with Crippen molar-refractivity contribution in [3.8, 4) is 11.4 Å². The second-order valence-corrected chi connectivity index (χ2v) is 9.03. The monoisotopic (exact) mass is 454 g/mol. The number of β-amino-alcohol motifs (C(OH)–C–C–N with tert-alkyl or cyclic N) is 1. The number of hydrogen-bond acceptors (Lipinski definition) is 6. The fraction of sp³-hybridized carbons (Fsp3) is 0.308. The lowest BCUT2D eigenvalue weighted by atomic mass is 9.94. The van der Waals surface area contributed by atoms with Gasteiger partial charge in [-0.2, -0.15) is 0 Å². The molecule has 8 nitrogen and oxygen atoms in total. The standard InChI is InChI=1S/C26H26N6O2/c33-21-15-32(13-11-20(21)31-12-10-17-6-4-5-9-19(17)14-31)26(34)23-22-25(28-16-27-22)30-24(29-23)18-7-2-1-3-8-18/h1-9,16,20-21,33H,10-15H2,(H,27,28,29,30)/t20-,21-/m0/s1. The molecule has 4 aromatic rings. The third-order valence-corrected chi connectivity index (χ3v) is 6.98. The highest BCUT2D eigenvalue weighted by atomic mass is 16.3. The molecule has 0 radical (unpaired) electrons. The number of aromatic amines is 1. The van der Waals surface area contributed by atoms with Crippen LogP contribution in [0.3, 0.4) is 0 Å². The summed E-state index contributed by atoms with van der Waals surface area (Å²) >= 11 is 0. The van der Waals surface area contributed by atoms with E-state index in [4.69, 9.17) is 0 Å². The molecule has 4 heterocycles. The Hall–Kier alpha value is -3.62. The van der Waals surface area contributed by atoms with E-state index >= 15 is 0 Å². The summed E-state index contributed by atoms with van der Waals surface area (Å²) in [5.74, 6) is 0.251. The van der Waals surface area contributed by atoms with Gasteiger partial charge < -0.3 is 15.0 Å². The van der Waals surface area contributed by atoms with Crippen LogP contribution in [-0.4, -0.2) is 72.5 Å². The molecule has 2 aromatic heterocycles. The lowest BCUT2D eigenvalue weighted by molar-refractivity contribution is -0.0138. The summed E-state index contributed by atoms with van der Waals surface area (Å²) in [6.45, 7) is 2.61. The quantitative estimate of drug-likeness (QED) is 0.494. The Labute approximate surface area is 197 Å². The number of piperidine rings is 1. The number of benzene rings is 2. The summed E-state index contributed by atoms with van der Waals surface area (Å²) in [6, 6.07) is 18.1. The van der Waals surface area contributed by atoms with Crippen LogP contribution in [0.1, 0.15) is 28.0 Å². The smallest absolute Gasteiger partial charge is 0.274 e. The van der Waals surface area contributed by atoms with Crippen molar-refractivity contribution in [3.05, 3.63) is 77.7 Å². The molecule has 1 fully saturated rings. The lowest BCUT2D eigenvalue weighted by Crippen LogP contribution is -2.56. The molecule has 1 saturated heterocycles. The Morgan fingerprint density at radius 3 is 2.62 bits per heavy atom. The molecule has 0 saturated carbocycles. The first-order chi connectivity index (χ1) is 16.7. The molecule has 0 bridgehead atoms. The number of aliphatic hydroxyl groups excluding tert-OH is 1. The number of H-pyrrole nitrogens is 1. The molecule has 0 unspecified atom stereocenters. The maximum atomic E-state index is 13.6. The van der Waals surface area contributed by atoms with E-state index in [2.05, 4.69) is 49.1 Å². The van der Waals surface area contributed by atoms with Crippen LogP contribution in [0.25, 0.3) is 22.6 Å². The summed E-state index contributed by atoms with van der Waals surface area (Å²) in [6.07, 6.45) is 2.62. The molecule has 2 N–H and O–H groups in total. The van der Waals surface area contributed by atoms with Gasteiger partial charge in [0, 0.05) is 37.8 Å². The van der Waals surface area contributed by atoms with Gasteiger partial charge in [0.1, 0.15) is 5.52 Å². The molecule has 2 aliphatic rings. The number of aliphatic hydroxyl groups is 1. The van der Waals surface area contributed by atoms with Crippen LogP contribution in [-0.2, 0) is 13.0 Å². The van der Waals surface area contributed by atoms with Crippen molar-refractivity contribution in [1.82, 2.24) is 29.7 Å². The average molecular weight is 455 g/mol. The van der Waals surface area contributed by atoms with Crippen molar-refractivity contribution in [1.29, 1.82) is 0 Å². The van der Waals surface area contributed by atoms with Gasteiger partial charge in [-0.3, -0.25) is 9.69 Å². The van der Waals surface area contributed by atoms with Crippen LogP contribution in [0.5, 0.6) is 0 Å². The van der Waals surface area contributed by atoms with Gasteiger partial charge >= 0.3 is 0 Å². The zero-order valence-corrected chi connectivity index (χ0v) is 18.8.